The fourth-order valence-corrected chi connectivity index (χ4v) is 1.28. The second kappa shape index (κ2) is 2.11. The first kappa shape index (κ1) is 5.53. The molecule has 0 spiro atoms. The summed E-state index contributed by atoms with van der Waals surface area (Å²) < 4.78 is 5.43. The van der Waals surface area contributed by atoms with Gasteiger partial charge in [-0.1, -0.05) is 0 Å². The SMILES string of the molecule is CP(C)OC1CC1. The van der Waals surface area contributed by atoms with Crippen molar-refractivity contribution >= 4 is 8.15 Å². The van der Waals surface area contributed by atoms with Gasteiger partial charge < -0.3 is 4.52 Å². The first-order valence-corrected chi connectivity index (χ1v) is 4.78. The summed E-state index contributed by atoms with van der Waals surface area (Å²) >= 11 is 0. The van der Waals surface area contributed by atoms with Crippen LogP contribution >= 0.6 is 8.15 Å². The van der Waals surface area contributed by atoms with Crippen LogP contribution in [0.2, 0.25) is 0 Å². The van der Waals surface area contributed by atoms with Crippen LogP contribution in [0, 0.1) is 0 Å². The van der Waals surface area contributed by atoms with Crippen LogP contribution in [0.15, 0.2) is 0 Å². The molecule has 0 atom stereocenters. The third kappa shape index (κ3) is 2.25. The standard InChI is InChI=1S/C5H11OP/c1-7(2)6-5-3-4-5/h5H,3-4H2,1-2H3. The molecule has 2 heteroatoms. The van der Waals surface area contributed by atoms with Crippen molar-refractivity contribution in [3.05, 3.63) is 0 Å². The van der Waals surface area contributed by atoms with Gasteiger partial charge in [0, 0.05) is 8.15 Å². The van der Waals surface area contributed by atoms with Crippen molar-refractivity contribution in [2.75, 3.05) is 13.3 Å². The van der Waals surface area contributed by atoms with E-state index in [4.69, 9.17) is 4.52 Å². The average molecular weight is 118 g/mol. The van der Waals surface area contributed by atoms with Crippen molar-refractivity contribution in [3.63, 3.8) is 0 Å². The minimum Gasteiger partial charge on any atom is -0.357 e. The molecule has 0 aliphatic heterocycles. The lowest BCUT2D eigenvalue weighted by Crippen LogP contribution is -1.82. The molecule has 7 heavy (non-hydrogen) atoms. The molecule has 0 heterocycles. The summed E-state index contributed by atoms with van der Waals surface area (Å²) in [5, 5.41) is 0. The molecule has 1 saturated carbocycles. The van der Waals surface area contributed by atoms with Gasteiger partial charge in [0.1, 0.15) is 0 Å². The number of hydrogen-bond donors (Lipinski definition) is 0. The molecule has 0 radical (unpaired) electrons. The molecule has 1 fully saturated rings. The van der Waals surface area contributed by atoms with Gasteiger partial charge >= 0.3 is 0 Å². The van der Waals surface area contributed by atoms with Crippen molar-refractivity contribution in [1.82, 2.24) is 0 Å². The van der Waals surface area contributed by atoms with Gasteiger partial charge in [-0.05, 0) is 26.2 Å². The van der Waals surface area contributed by atoms with E-state index in [1.165, 1.54) is 12.8 Å². The fraction of sp³-hybridized carbons (Fsp3) is 1.00. The van der Waals surface area contributed by atoms with E-state index in [1.54, 1.807) is 0 Å². The first-order chi connectivity index (χ1) is 3.29. The van der Waals surface area contributed by atoms with Gasteiger partial charge in [0.25, 0.3) is 0 Å². The summed E-state index contributed by atoms with van der Waals surface area (Å²) in [7, 11) is -0.0774. The quantitative estimate of drug-likeness (QED) is 0.502. The molecule has 0 aromatic rings. The highest BCUT2D eigenvalue weighted by atomic mass is 31.1. The molecule has 1 aliphatic rings. The van der Waals surface area contributed by atoms with Crippen LogP contribution in [0.25, 0.3) is 0 Å². The fourth-order valence-electron chi connectivity index (χ4n) is 0.472. The zero-order valence-electron chi connectivity index (χ0n) is 4.85. The summed E-state index contributed by atoms with van der Waals surface area (Å²) in [4.78, 5) is 0. The summed E-state index contributed by atoms with van der Waals surface area (Å²) in [6.45, 7) is 4.29. The smallest absolute Gasteiger partial charge is 0.0619 e. The van der Waals surface area contributed by atoms with Gasteiger partial charge in [-0.25, -0.2) is 0 Å². The zero-order chi connectivity index (χ0) is 5.28. The zero-order valence-corrected chi connectivity index (χ0v) is 5.74. The Morgan fingerprint density at radius 1 is 1.43 bits per heavy atom. The lowest BCUT2D eigenvalue weighted by molar-refractivity contribution is 0.342. The van der Waals surface area contributed by atoms with E-state index >= 15 is 0 Å². The predicted molar refractivity (Wildman–Crippen MR) is 32.9 cm³/mol. The molecule has 1 aliphatic carbocycles. The Morgan fingerprint density at radius 3 is 2.14 bits per heavy atom. The molecule has 0 unspecified atom stereocenters. The summed E-state index contributed by atoms with van der Waals surface area (Å²) in [5.74, 6) is 0. The van der Waals surface area contributed by atoms with Gasteiger partial charge in [-0.3, -0.25) is 0 Å². The lowest BCUT2D eigenvalue weighted by Gasteiger charge is -2.02. The topological polar surface area (TPSA) is 9.23 Å². The summed E-state index contributed by atoms with van der Waals surface area (Å²) in [6.07, 6.45) is 3.27. The van der Waals surface area contributed by atoms with E-state index in [1.807, 2.05) is 0 Å². The minimum atomic E-state index is -0.0774. The number of rotatable bonds is 2. The van der Waals surface area contributed by atoms with E-state index < -0.39 is 0 Å². The van der Waals surface area contributed by atoms with Gasteiger partial charge in [0.05, 0.1) is 6.10 Å². The van der Waals surface area contributed by atoms with Gasteiger partial charge in [0.2, 0.25) is 0 Å². The minimum absolute atomic E-state index is 0.0774. The molecular formula is C5H11OP. The van der Waals surface area contributed by atoms with E-state index in [2.05, 4.69) is 13.3 Å². The molecule has 0 aromatic carbocycles. The maximum absolute atomic E-state index is 5.43. The Bertz CT molecular complexity index is 59.1. The van der Waals surface area contributed by atoms with E-state index in [9.17, 15) is 0 Å². The number of hydrogen-bond acceptors (Lipinski definition) is 1. The van der Waals surface area contributed by atoms with Crippen molar-refractivity contribution in [1.29, 1.82) is 0 Å². The Morgan fingerprint density at radius 2 is 2.00 bits per heavy atom. The highest BCUT2D eigenvalue weighted by Gasteiger charge is 2.22. The van der Waals surface area contributed by atoms with Crippen LogP contribution in [-0.2, 0) is 4.52 Å². The van der Waals surface area contributed by atoms with Gasteiger partial charge in [0.15, 0.2) is 0 Å². The molecule has 0 saturated heterocycles. The third-order valence-corrected chi connectivity index (χ3v) is 1.60. The van der Waals surface area contributed by atoms with Crippen LogP contribution in [0.3, 0.4) is 0 Å². The Labute approximate surface area is 45.9 Å². The lowest BCUT2D eigenvalue weighted by atomic mass is 10.9. The third-order valence-electron chi connectivity index (χ3n) is 0.884. The Kier molecular flexibility index (Phi) is 1.66. The second-order valence-electron chi connectivity index (χ2n) is 2.12. The van der Waals surface area contributed by atoms with E-state index in [0.717, 1.165) is 0 Å². The molecule has 0 N–H and O–H groups in total. The van der Waals surface area contributed by atoms with Crippen molar-refractivity contribution in [2.45, 2.75) is 18.9 Å². The second-order valence-corrected chi connectivity index (χ2v) is 3.95. The van der Waals surface area contributed by atoms with Crippen LogP contribution in [0.1, 0.15) is 12.8 Å². The maximum Gasteiger partial charge on any atom is 0.0619 e. The molecule has 0 amide bonds. The molecule has 0 aromatic heterocycles. The normalized spacial score (nSPS) is 21.0. The Balaban J connectivity index is 1.97. The van der Waals surface area contributed by atoms with Crippen LogP contribution in [0.4, 0.5) is 0 Å². The Hall–Kier alpha value is 0.390. The summed E-state index contributed by atoms with van der Waals surface area (Å²) in [5.41, 5.74) is 0. The molecule has 1 rings (SSSR count). The first-order valence-electron chi connectivity index (χ1n) is 2.63. The van der Waals surface area contributed by atoms with Crippen molar-refractivity contribution in [2.24, 2.45) is 0 Å². The molecule has 1 nitrogen and oxygen atoms in total. The summed E-state index contributed by atoms with van der Waals surface area (Å²) in [6, 6.07) is 0. The van der Waals surface area contributed by atoms with Crippen LogP contribution in [-0.4, -0.2) is 19.4 Å². The molecule has 0 bridgehead atoms. The van der Waals surface area contributed by atoms with E-state index in [-0.39, 0.29) is 8.15 Å². The average Bonchev–Trinajstić information content (AvgIpc) is 2.17. The van der Waals surface area contributed by atoms with Gasteiger partial charge in [-0.2, -0.15) is 0 Å². The highest BCUT2D eigenvalue weighted by Crippen LogP contribution is 2.37. The molecule has 42 valence electrons. The molecular weight excluding hydrogens is 107 g/mol. The van der Waals surface area contributed by atoms with Gasteiger partial charge in [-0.15, -0.1) is 0 Å². The van der Waals surface area contributed by atoms with Crippen molar-refractivity contribution < 1.29 is 4.52 Å². The highest BCUT2D eigenvalue weighted by molar-refractivity contribution is 7.50. The monoisotopic (exact) mass is 118 g/mol. The maximum atomic E-state index is 5.43. The van der Waals surface area contributed by atoms with Crippen LogP contribution < -0.4 is 0 Å². The van der Waals surface area contributed by atoms with Crippen LogP contribution in [0.5, 0.6) is 0 Å². The predicted octanol–water partition coefficient (Wildman–Crippen LogP) is 1.82. The largest absolute Gasteiger partial charge is 0.357 e. The van der Waals surface area contributed by atoms with Crippen molar-refractivity contribution in [3.8, 4) is 0 Å². The van der Waals surface area contributed by atoms with E-state index in [0.29, 0.717) is 6.10 Å².